The Kier molecular flexibility index (Phi) is 4.32. The van der Waals surface area contributed by atoms with E-state index in [1.807, 2.05) is 13.1 Å². The molecule has 4 heteroatoms. The molecule has 0 aromatic heterocycles. The summed E-state index contributed by atoms with van der Waals surface area (Å²) in [7, 11) is 6.22. The van der Waals surface area contributed by atoms with Crippen LogP contribution in [0.15, 0.2) is 24.3 Å². The molecule has 0 bridgehead atoms. The third-order valence-electron chi connectivity index (χ3n) is 3.80. The van der Waals surface area contributed by atoms with Crippen LogP contribution in [0.5, 0.6) is 0 Å². The van der Waals surface area contributed by atoms with E-state index in [0.29, 0.717) is 6.04 Å². The molecule has 3 nitrogen and oxygen atoms in total. The minimum Gasteiger partial charge on any atom is -0.312 e. The van der Waals surface area contributed by atoms with Crippen LogP contribution in [0.1, 0.15) is 11.6 Å². The lowest BCUT2D eigenvalue weighted by molar-refractivity contribution is 0.0896. The van der Waals surface area contributed by atoms with E-state index in [9.17, 15) is 4.39 Å². The summed E-state index contributed by atoms with van der Waals surface area (Å²) in [4.78, 5) is 4.68. The van der Waals surface area contributed by atoms with Crippen molar-refractivity contribution in [3.63, 3.8) is 0 Å². The lowest BCUT2D eigenvalue weighted by Gasteiger charge is -2.42. The maximum atomic E-state index is 13.4. The van der Waals surface area contributed by atoms with Crippen LogP contribution in [-0.4, -0.2) is 56.6 Å². The molecule has 1 aliphatic rings. The Morgan fingerprint density at radius 3 is 2.78 bits per heavy atom. The van der Waals surface area contributed by atoms with Crippen molar-refractivity contribution >= 4 is 0 Å². The van der Waals surface area contributed by atoms with E-state index >= 15 is 0 Å². The van der Waals surface area contributed by atoms with Gasteiger partial charge in [-0.3, -0.25) is 4.90 Å². The summed E-state index contributed by atoms with van der Waals surface area (Å²) in [5.41, 5.74) is 1.02. The van der Waals surface area contributed by atoms with Crippen molar-refractivity contribution in [1.29, 1.82) is 0 Å². The van der Waals surface area contributed by atoms with Gasteiger partial charge in [-0.15, -0.1) is 0 Å². The Balaban J connectivity index is 2.21. The first-order chi connectivity index (χ1) is 8.61. The van der Waals surface area contributed by atoms with Crippen molar-refractivity contribution in [2.24, 2.45) is 0 Å². The van der Waals surface area contributed by atoms with Gasteiger partial charge >= 0.3 is 0 Å². The normalized spacial score (nSPS) is 24.1. The summed E-state index contributed by atoms with van der Waals surface area (Å²) < 4.78 is 13.4. The lowest BCUT2D eigenvalue weighted by atomic mass is 9.96. The molecule has 1 aliphatic heterocycles. The maximum Gasteiger partial charge on any atom is 0.123 e. The van der Waals surface area contributed by atoms with E-state index in [1.54, 1.807) is 12.1 Å². The van der Waals surface area contributed by atoms with Crippen molar-refractivity contribution in [2.45, 2.75) is 12.1 Å². The summed E-state index contributed by atoms with van der Waals surface area (Å²) in [5, 5.41) is 3.33. The van der Waals surface area contributed by atoms with Gasteiger partial charge in [-0.05, 0) is 38.8 Å². The highest BCUT2D eigenvalue weighted by Gasteiger charge is 2.29. The fraction of sp³-hybridized carbons (Fsp3) is 0.571. The largest absolute Gasteiger partial charge is 0.312 e. The van der Waals surface area contributed by atoms with Gasteiger partial charge < -0.3 is 10.2 Å². The fourth-order valence-electron chi connectivity index (χ4n) is 2.69. The first-order valence-corrected chi connectivity index (χ1v) is 6.43. The Bertz CT molecular complexity index is 396. The van der Waals surface area contributed by atoms with Crippen LogP contribution >= 0.6 is 0 Å². The van der Waals surface area contributed by atoms with Gasteiger partial charge in [0.1, 0.15) is 5.82 Å². The van der Waals surface area contributed by atoms with E-state index < -0.39 is 0 Å². The number of hydrogen-bond donors (Lipinski definition) is 1. The van der Waals surface area contributed by atoms with Gasteiger partial charge in [-0.25, -0.2) is 4.39 Å². The van der Waals surface area contributed by atoms with Crippen LogP contribution in [0, 0.1) is 5.82 Å². The molecule has 0 spiro atoms. The summed E-state index contributed by atoms with van der Waals surface area (Å²) in [5.74, 6) is -0.167. The zero-order valence-corrected chi connectivity index (χ0v) is 11.4. The van der Waals surface area contributed by atoms with Gasteiger partial charge in [0.25, 0.3) is 0 Å². The first-order valence-electron chi connectivity index (χ1n) is 6.43. The molecule has 18 heavy (non-hydrogen) atoms. The summed E-state index contributed by atoms with van der Waals surface area (Å²) in [6.45, 7) is 3.14. The fourth-order valence-corrected chi connectivity index (χ4v) is 2.69. The standard InChI is InChI=1S/C14H22FN3/c1-16-14(11-5-4-6-12(15)9-11)13-10-17(2)7-8-18(13)3/h4-6,9,13-14,16H,7-8,10H2,1-3H3. The SMILES string of the molecule is CNC(c1cccc(F)c1)C1CN(C)CCN1C. The van der Waals surface area contributed by atoms with E-state index in [4.69, 9.17) is 0 Å². The van der Waals surface area contributed by atoms with Crippen molar-refractivity contribution in [3.8, 4) is 0 Å². The lowest BCUT2D eigenvalue weighted by Crippen LogP contribution is -2.54. The Hall–Kier alpha value is -0.970. The predicted octanol–water partition coefficient (Wildman–Crippen LogP) is 1.33. The van der Waals surface area contributed by atoms with Gasteiger partial charge in [0.05, 0.1) is 0 Å². The molecule has 2 unspecified atom stereocenters. The van der Waals surface area contributed by atoms with E-state index in [1.165, 1.54) is 6.07 Å². The second-order valence-electron chi connectivity index (χ2n) is 5.13. The van der Waals surface area contributed by atoms with E-state index in [0.717, 1.165) is 25.2 Å². The number of nitrogens with one attached hydrogen (secondary N) is 1. The molecule has 100 valence electrons. The van der Waals surface area contributed by atoms with Crippen molar-refractivity contribution < 1.29 is 4.39 Å². The zero-order chi connectivity index (χ0) is 13.1. The van der Waals surface area contributed by atoms with Crippen molar-refractivity contribution in [3.05, 3.63) is 35.6 Å². The zero-order valence-electron chi connectivity index (χ0n) is 11.4. The van der Waals surface area contributed by atoms with Crippen LogP contribution in [0.4, 0.5) is 4.39 Å². The topological polar surface area (TPSA) is 18.5 Å². The third kappa shape index (κ3) is 2.88. The molecule has 0 radical (unpaired) electrons. The van der Waals surface area contributed by atoms with Crippen LogP contribution < -0.4 is 5.32 Å². The van der Waals surface area contributed by atoms with Gasteiger partial charge in [0.2, 0.25) is 0 Å². The molecule has 1 fully saturated rings. The molecular weight excluding hydrogens is 229 g/mol. The van der Waals surface area contributed by atoms with Crippen LogP contribution in [0.3, 0.4) is 0 Å². The number of rotatable bonds is 3. The minimum absolute atomic E-state index is 0.161. The second kappa shape index (κ2) is 5.78. The molecule has 1 N–H and O–H groups in total. The highest BCUT2D eigenvalue weighted by atomic mass is 19.1. The molecule has 1 heterocycles. The predicted molar refractivity (Wildman–Crippen MR) is 72.1 cm³/mol. The number of likely N-dealkylation sites (N-methyl/N-ethyl adjacent to an activating group) is 3. The van der Waals surface area contributed by atoms with Crippen LogP contribution in [0.25, 0.3) is 0 Å². The van der Waals surface area contributed by atoms with Gasteiger partial charge in [0.15, 0.2) is 0 Å². The van der Waals surface area contributed by atoms with Crippen LogP contribution in [-0.2, 0) is 0 Å². The van der Waals surface area contributed by atoms with Gasteiger partial charge in [-0.2, -0.15) is 0 Å². The molecule has 0 aliphatic carbocycles. The third-order valence-corrected chi connectivity index (χ3v) is 3.80. The Morgan fingerprint density at radius 1 is 1.33 bits per heavy atom. The number of nitrogens with zero attached hydrogens (tertiary/aromatic N) is 2. The highest BCUT2D eigenvalue weighted by molar-refractivity contribution is 5.22. The summed E-state index contributed by atoms with van der Waals surface area (Å²) in [6, 6.07) is 7.43. The van der Waals surface area contributed by atoms with Crippen LogP contribution in [0.2, 0.25) is 0 Å². The number of benzene rings is 1. The molecule has 1 aromatic carbocycles. The summed E-state index contributed by atoms with van der Waals surface area (Å²) >= 11 is 0. The van der Waals surface area contributed by atoms with Gasteiger partial charge in [-0.1, -0.05) is 12.1 Å². The summed E-state index contributed by atoms with van der Waals surface area (Å²) in [6.07, 6.45) is 0. The maximum absolute atomic E-state index is 13.4. The smallest absolute Gasteiger partial charge is 0.123 e. The molecule has 0 saturated carbocycles. The monoisotopic (exact) mass is 251 g/mol. The molecule has 2 rings (SSSR count). The average Bonchev–Trinajstić information content (AvgIpc) is 2.35. The Labute approximate surface area is 109 Å². The molecule has 0 amide bonds. The first kappa shape index (κ1) is 13.5. The van der Waals surface area contributed by atoms with Gasteiger partial charge in [0, 0.05) is 31.7 Å². The molecule has 2 atom stereocenters. The van der Waals surface area contributed by atoms with Crippen molar-refractivity contribution in [1.82, 2.24) is 15.1 Å². The number of piperazine rings is 1. The Morgan fingerprint density at radius 2 is 2.11 bits per heavy atom. The van der Waals surface area contributed by atoms with Crippen molar-refractivity contribution in [2.75, 3.05) is 40.8 Å². The minimum atomic E-state index is -0.167. The molecule has 1 saturated heterocycles. The molecule has 1 aromatic rings. The second-order valence-corrected chi connectivity index (χ2v) is 5.13. The quantitative estimate of drug-likeness (QED) is 0.874. The van der Waals surface area contributed by atoms with E-state index in [2.05, 4.69) is 29.2 Å². The number of hydrogen-bond acceptors (Lipinski definition) is 3. The number of halogens is 1. The van der Waals surface area contributed by atoms with E-state index in [-0.39, 0.29) is 11.9 Å². The molecular formula is C14H22FN3. The average molecular weight is 251 g/mol. The highest BCUT2D eigenvalue weighted by Crippen LogP contribution is 2.23.